The maximum absolute atomic E-state index is 13.7. The number of aryl methyl sites for hydroxylation is 1. The number of nitrogens with one attached hydrogen (secondary N) is 1. The van der Waals surface area contributed by atoms with Gasteiger partial charge in [-0.05, 0) is 12.0 Å². The Kier molecular flexibility index (Phi) is 3.02. The summed E-state index contributed by atoms with van der Waals surface area (Å²) in [5.74, 6) is -4.86. The summed E-state index contributed by atoms with van der Waals surface area (Å²) in [7, 11) is 1.17. The number of benzene rings is 1. The highest BCUT2D eigenvalue weighted by Crippen LogP contribution is 2.29. The lowest BCUT2D eigenvalue weighted by molar-refractivity contribution is 0.0594. The third kappa shape index (κ3) is 1.64. The van der Waals surface area contributed by atoms with E-state index < -0.39 is 23.4 Å². The number of fused-ring (bicyclic) bond motifs is 1. The van der Waals surface area contributed by atoms with E-state index in [1.54, 1.807) is 6.92 Å². The highest BCUT2D eigenvalue weighted by Gasteiger charge is 2.23. The first-order valence-corrected chi connectivity index (χ1v) is 5.27. The van der Waals surface area contributed by atoms with E-state index in [-0.39, 0.29) is 28.6 Å². The van der Waals surface area contributed by atoms with Crippen molar-refractivity contribution in [2.24, 2.45) is 0 Å². The van der Waals surface area contributed by atoms with Crippen LogP contribution in [0.2, 0.25) is 0 Å². The van der Waals surface area contributed by atoms with Crippen LogP contribution in [0.4, 0.5) is 13.2 Å². The van der Waals surface area contributed by atoms with Gasteiger partial charge in [0.1, 0.15) is 5.69 Å². The van der Waals surface area contributed by atoms with Gasteiger partial charge in [-0.3, -0.25) is 0 Å². The molecule has 0 aliphatic carbocycles. The number of rotatable bonds is 2. The fourth-order valence-electron chi connectivity index (χ4n) is 1.95. The Morgan fingerprint density at radius 1 is 1.33 bits per heavy atom. The van der Waals surface area contributed by atoms with Crippen LogP contribution in [-0.4, -0.2) is 18.1 Å². The molecule has 0 unspecified atom stereocenters. The van der Waals surface area contributed by atoms with Gasteiger partial charge in [-0.1, -0.05) is 6.92 Å². The molecule has 1 aromatic heterocycles. The van der Waals surface area contributed by atoms with Crippen molar-refractivity contribution in [2.45, 2.75) is 13.3 Å². The molecular weight excluding hydrogens is 247 g/mol. The Morgan fingerprint density at radius 3 is 2.56 bits per heavy atom. The number of carbonyl (C=O) groups is 1. The van der Waals surface area contributed by atoms with E-state index >= 15 is 0 Å². The van der Waals surface area contributed by atoms with Gasteiger partial charge in [-0.25, -0.2) is 18.0 Å². The Bertz CT molecular complexity index is 634. The Labute approximate surface area is 101 Å². The molecule has 6 heteroatoms. The van der Waals surface area contributed by atoms with Gasteiger partial charge < -0.3 is 9.72 Å². The lowest BCUT2D eigenvalue weighted by Crippen LogP contribution is -2.04. The molecule has 0 saturated heterocycles. The second-order valence-corrected chi connectivity index (χ2v) is 3.73. The van der Waals surface area contributed by atoms with Gasteiger partial charge in [0.25, 0.3) is 0 Å². The average molecular weight is 257 g/mol. The third-order valence-corrected chi connectivity index (χ3v) is 2.77. The molecule has 1 heterocycles. The zero-order chi connectivity index (χ0) is 13.4. The number of hydrogen-bond acceptors (Lipinski definition) is 2. The Balaban J connectivity index is 2.86. The molecule has 0 amide bonds. The predicted octanol–water partition coefficient (Wildman–Crippen LogP) is 2.93. The van der Waals surface area contributed by atoms with E-state index in [9.17, 15) is 18.0 Å². The van der Waals surface area contributed by atoms with Crippen LogP contribution >= 0.6 is 0 Å². The van der Waals surface area contributed by atoms with Crippen molar-refractivity contribution in [3.63, 3.8) is 0 Å². The van der Waals surface area contributed by atoms with E-state index in [1.807, 2.05) is 0 Å². The number of ether oxygens (including phenoxy) is 1. The Hall–Kier alpha value is -1.98. The molecule has 0 aliphatic heterocycles. The SMILES string of the molecule is CCc1c(C(=O)OC)[nH]c2cc(F)c(F)c(F)c12. The first kappa shape index (κ1) is 12.5. The number of aromatic nitrogens is 1. The van der Waals surface area contributed by atoms with Gasteiger partial charge in [0.15, 0.2) is 17.5 Å². The number of aromatic amines is 1. The molecule has 0 atom stereocenters. The second-order valence-electron chi connectivity index (χ2n) is 3.73. The van der Waals surface area contributed by atoms with Crippen molar-refractivity contribution < 1.29 is 22.7 Å². The molecule has 18 heavy (non-hydrogen) atoms. The predicted molar refractivity (Wildman–Crippen MR) is 58.9 cm³/mol. The van der Waals surface area contributed by atoms with Crippen molar-refractivity contribution in [2.75, 3.05) is 7.11 Å². The summed E-state index contributed by atoms with van der Waals surface area (Å²) in [5, 5.41) is -0.114. The van der Waals surface area contributed by atoms with Gasteiger partial charge in [0.05, 0.1) is 12.6 Å². The lowest BCUT2D eigenvalue weighted by Gasteiger charge is -2.01. The summed E-state index contributed by atoms with van der Waals surface area (Å²) in [6, 6.07) is 0.819. The van der Waals surface area contributed by atoms with Crippen LogP contribution in [0.25, 0.3) is 10.9 Å². The summed E-state index contributed by atoms with van der Waals surface area (Å²) < 4.78 is 44.5. The van der Waals surface area contributed by atoms with Crippen LogP contribution in [0, 0.1) is 17.5 Å². The number of H-pyrrole nitrogens is 1. The van der Waals surface area contributed by atoms with Gasteiger partial charge in [-0.2, -0.15) is 0 Å². The minimum atomic E-state index is -1.55. The first-order chi connectivity index (χ1) is 8.51. The standard InChI is InChI=1S/C12H10F3NO2/c1-3-5-8-7(16-11(5)12(17)18-2)4-6(13)9(14)10(8)15/h4,16H,3H2,1-2H3. The van der Waals surface area contributed by atoms with E-state index in [0.29, 0.717) is 0 Å². The van der Waals surface area contributed by atoms with Crippen LogP contribution < -0.4 is 0 Å². The quantitative estimate of drug-likeness (QED) is 0.664. The maximum Gasteiger partial charge on any atom is 0.354 e. The lowest BCUT2D eigenvalue weighted by atomic mass is 10.1. The zero-order valence-electron chi connectivity index (χ0n) is 9.73. The smallest absolute Gasteiger partial charge is 0.354 e. The molecule has 1 aromatic carbocycles. The monoisotopic (exact) mass is 257 g/mol. The average Bonchev–Trinajstić information content (AvgIpc) is 2.73. The molecule has 3 nitrogen and oxygen atoms in total. The fourth-order valence-corrected chi connectivity index (χ4v) is 1.95. The minimum absolute atomic E-state index is 0.0129. The van der Waals surface area contributed by atoms with Gasteiger partial charge in [0.2, 0.25) is 0 Å². The van der Waals surface area contributed by atoms with Crippen molar-refractivity contribution >= 4 is 16.9 Å². The molecule has 0 fully saturated rings. The molecule has 0 spiro atoms. The van der Waals surface area contributed by atoms with E-state index in [1.165, 1.54) is 7.11 Å². The molecule has 0 saturated carbocycles. The molecule has 96 valence electrons. The van der Waals surface area contributed by atoms with Crippen LogP contribution in [0.1, 0.15) is 23.0 Å². The second kappa shape index (κ2) is 4.36. The first-order valence-electron chi connectivity index (χ1n) is 5.27. The molecule has 0 bridgehead atoms. The molecule has 2 aromatic rings. The zero-order valence-corrected chi connectivity index (χ0v) is 9.73. The van der Waals surface area contributed by atoms with Crippen molar-refractivity contribution in [3.8, 4) is 0 Å². The normalized spacial score (nSPS) is 10.9. The molecule has 2 rings (SSSR count). The van der Waals surface area contributed by atoms with E-state index in [2.05, 4.69) is 9.72 Å². The number of carbonyl (C=O) groups excluding carboxylic acids is 1. The topological polar surface area (TPSA) is 42.1 Å². The van der Waals surface area contributed by atoms with Crippen LogP contribution in [0.3, 0.4) is 0 Å². The van der Waals surface area contributed by atoms with Crippen molar-refractivity contribution in [3.05, 3.63) is 34.8 Å². The molecular formula is C12H10F3NO2. The summed E-state index contributed by atoms with van der Waals surface area (Å²) >= 11 is 0. The van der Waals surface area contributed by atoms with Crippen molar-refractivity contribution in [1.29, 1.82) is 0 Å². The van der Waals surface area contributed by atoms with Gasteiger partial charge >= 0.3 is 5.97 Å². The maximum atomic E-state index is 13.7. The van der Waals surface area contributed by atoms with Crippen LogP contribution in [-0.2, 0) is 11.2 Å². The summed E-state index contributed by atoms with van der Waals surface area (Å²) in [6.07, 6.45) is 0.284. The van der Waals surface area contributed by atoms with Crippen LogP contribution in [0.15, 0.2) is 6.07 Å². The fraction of sp³-hybridized carbons (Fsp3) is 0.250. The number of methoxy groups -OCH3 is 1. The van der Waals surface area contributed by atoms with E-state index in [4.69, 9.17) is 0 Å². The molecule has 0 aliphatic rings. The number of hydrogen-bond donors (Lipinski definition) is 1. The highest BCUT2D eigenvalue weighted by atomic mass is 19.2. The third-order valence-electron chi connectivity index (χ3n) is 2.77. The molecule has 1 N–H and O–H groups in total. The summed E-state index contributed by atoms with van der Waals surface area (Å²) in [5.41, 5.74) is 0.316. The molecule has 0 radical (unpaired) electrons. The summed E-state index contributed by atoms with van der Waals surface area (Å²) in [6.45, 7) is 1.68. The van der Waals surface area contributed by atoms with Gasteiger partial charge in [-0.15, -0.1) is 0 Å². The summed E-state index contributed by atoms with van der Waals surface area (Å²) in [4.78, 5) is 14.0. The van der Waals surface area contributed by atoms with E-state index in [0.717, 1.165) is 6.07 Å². The van der Waals surface area contributed by atoms with Crippen molar-refractivity contribution in [1.82, 2.24) is 4.98 Å². The Morgan fingerprint density at radius 2 is 2.00 bits per heavy atom. The largest absolute Gasteiger partial charge is 0.464 e. The highest BCUT2D eigenvalue weighted by molar-refractivity contribution is 5.98. The van der Waals surface area contributed by atoms with Crippen LogP contribution in [0.5, 0.6) is 0 Å². The number of halogens is 3. The van der Waals surface area contributed by atoms with Gasteiger partial charge in [0, 0.05) is 11.5 Å². The minimum Gasteiger partial charge on any atom is -0.464 e. The number of esters is 1.